The molecule has 32 heavy (non-hydrogen) atoms. The predicted octanol–water partition coefficient (Wildman–Crippen LogP) is 5.60. The van der Waals surface area contributed by atoms with Crippen LogP contribution in [0.3, 0.4) is 0 Å². The van der Waals surface area contributed by atoms with E-state index in [4.69, 9.17) is 27.1 Å². The summed E-state index contributed by atoms with van der Waals surface area (Å²) in [6, 6.07) is 19.3. The molecule has 0 spiro atoms. The molecule has 1 amide bonds. The van der Waals surface area contributed by atoms with Crippen LogP contribution in [-0.2, 0) is 16.3 Å². The molecule has 0 bridgehead atoms. The van der Waals surface area contributed by atoms with E-state index >= 15 is 0 Å². The highest BCUT2D eigenvalue weighted by Crippen LogP contribution is 2.30. The summed E-state index contributed by atoms with van der Waals surface area (Å²) in [5, 5.41) is 3.35. The molecule has 3 aromatic carbocycles. The highest BCUT2D eigenvalue weighted by Gasteiger charge is 2.21. The largest absolute Gasteiger partial charge is 0.375 e. The van der Waals surface area contributed by atoms with E-state index in [1.54, 1.807) is 69.3 Å². The number of halogens is 1. The summed E-state index contributed by atoms with van der Waals surface area (Å²) in [6.07, 6.45) is 0. The van der Waals surface area contributed by atoms with Gasteiger partial charge in [0.05, 0.1) is 11.3 Å². The lowest BCUT2D eigenvalue weighted by atomic mass is 10.0. The molecule has 166 valence electrons. The van der Waals surface area contributed by atoms with Gasteiger partial charge >= 0.3 is 5.97 Å². The third kappa shape index (κ3) is 5.95. The van der Waals surface area contributed by atoms with E-state index < -0.39 is 11.6 Å². The van der Waals surface area contributed by atoms with Crippen molar-refractivity contribution in [2.24, 2.45) is 5.73 Å². The Kier molecular flexibility index (Phi) is 7.30. The van der Waals surface area contributed by atoms with Gasteiger partial charge in [-0.3, -0.25) is 9.68 Å². The molecule has 0 atom stereocenters. The number of hydrogen-bond donors (Lipinski definition) is 2. The highest BCUT2D eigenvalue weighted by atomic mass is 35.5. The normalized spacial score (nSPS) is 11.2. The molecule has 0 radical (unpaired) electrons. The summed E-state index contributed by atoms with van der Waals surface area (Å²) in [5.74, 6) is -1.07. The van der Waals surface area contributed by atoms with Gasteiger partial charge in [0.1, 0.15) is 5.60 Å². The standard InChI is InChI=1S/C25H25ClN2O4/c1-25(2,3)32-31-24(30)20-12-11-18(17-9-10-19(15-27)21(26)13-17)14-22(20)28-23(29)16-7-5-4-6-8-16/h4-14H,15,27H2,1-3H3,(H,28,29). The van der Waals surface area contributed by atoms with Gasteiger partial charge < -0.3 is 11.1 Å². The average molecular weight is 453 g/mol. The molecule has 0 aromatic heterocycles. The lowest BCUT2D eigenvalue weighted by Crippen LogP contribution is -2.23. The number of benzene rings is 3. The average Bonchev–Trinajstić information content (AvgIpc) is 2.77. The fourth-order valence-corrected chi connectivity index (χ4v) is 3.15. The summed E-state index contributed by atoms with van der Waals surface area (Å²) < 4.78 is 0. The summed E-state index contributed by atoms with van der Waals surface area (Å²) in [5.41, 5.74) is 8.32. The quantitative estimate of drug-likeness (QED) is 0.375. The van der Waals surface area contributed by atoms with E-state index in [2.05, 4.69) is 5.32 Å². The smallest absolute Gasteiger partial charge is 0.326 e. The number of anilines is 1. The zero-order chi connectivity index (χ0) is 23.3. The molecule has 7 heteroatoms. The van der Waals surface area contributed by atoms with E-state index in [-0.39, 0.29) is 17.2 Å². The first-order valence-corrected chi connectivity index (χ1v) is 10.4. The monoisotopic (exact) mass is 452 g/mol. The number of nitrogens with two attached hydrogens (primary N) is 1. The molecular formula is C25H25ClN2O4. The van der Waals surface area contributed by atoms with Gasteiger partial charge in [0.15, 0.2) is 0 Å². The number of carbonyl (C=O) groups excluding carboxylic acids is 2. The summed E-state index contributed by atoms with van der Waals surface area (Å²) in [4.78, 5) is 35.6. The van der Waals surface area contributed by atoms with Crippen LogP contribution in [-0.4, -0.2) is 17.5 Å². The molecule has 3 N–H and O–H groups in total. The van der Waals surface area contributed by atoms with Gasteiger partial charge in [-0.2, -0.15) is 4.89 Å². The van der Waals surface area contributed by atoms with Crippen molar-refractivity contribution in [1.82, 2.24) is 0 Å². The zero-order valence-electron chi connectivity index (χ0n) is 18.1. The first-order chi connectivity index (χ1) is 15.2. The first-order valence-electron chi connectivity index (χ1n) is 10.1. The van der Waals surface area contributed by atoms with Crippen LogP contribution in [0.15, 0.2) is 66.7 Å². The molecule has 0 fully saturated rings. The van der Waals surface area contributed by atoms with Crippen LogP contribution in [0.25, 0.3) is 11.1 Å². The summed E-state index contributed by atoms with van der Waals surface area (Å²) >= 11 is 6.31. The SMILES string of the molecule is CC(C)(C)OOC(=O)c1ccc(-c2ccc(CN)c(Cl)c2)cc1NC(=O)c1ccccc1. The minimum Gasteiger partial charge on any atom is -0.326 e. The van der Waals surface area contributed by atoms with Crippen LogP contribution < -0.4 is 11.1 Å². The van der Waals surface area contributed by atoms with Crippen molar-refractivity contribution < 1.29 is 19.4 Å². The van der Waals surface area contributed by atoms with Crippen molar-refractivity contribution in [3.05, 3.63) is 88.4 Å². The van der Waals surface area contributed by atoms with Crippen LogP contribution >= 0.6 is 11.6 Å². The maximum atomic E-state index is 12.8. The molecule has 3 aromatic rings. The van der Waals surface area contributed by atoms with E-state index in [0.29, 0.717) is 17.1 Å². The minimum absolute atomic E-state index is 0.159. The Labute approximate surface area is 192 Å². The van der Waals surface area contributed by atoms with Gasteiger partial charge in [0.25, 0.3) is 5.91 Å². The Morgan fingerprint density at radius 1 is 0.969 bits per heavy atom. The second kappa shape index (κ2) is 9.96. The van der Waals surface area contributed by atoms with Crippen molar-refractivity contribution in [1.29, 1.82) is 0 Å². The molecule has 0 aliphatic rings. The Hall–Kier alpha value is -3.19. The van der Waals surface area contributed by atoms with Crippen LogP contribution in [0.4, 0.5) is 5.69 Å². The first kappa shape index (κ1) is 23.5. The van der Waals surface area contributed by atoms with Crippen LogP contribution in [0.1, 0.15) is 47.1 Å². The number of rotatable bonds is 6. The van der Waals surface area contributed by atoms with Crippen molar-refractivity contribution in [3.63, 3.8) is 0 Å². The van der Waals surface area contributed by atoms with Gasteiger partial charge in [0, 0.05) is 17.1 Å². The van der Waals surface area contributed by atoms with Gasteiger partial charge in [-0.25, -0.2) is 4.79 Å². The van der Waals surface area contributed by atoms with Crippen LogP contribution in [0.5, 0.6) is 0 Å². The predicted molar refractivity (Wildman–Crippen MR) is 125 cm³/mol. The lowest BCUT2D eigenvalue weighted by molar-refractivity contribution is -0.301. The molecule has 0 saturated heterocycles. The van der Waals surface area contributed by atoms with E-state index in [0.717, 1.165) is 16.7 Å². The molecule has 0 aliphatic carbocycles. The second-order valence-corrected chi connectivity index (χ2v) is 8.56. The van der Waals surface area contributed by atoms with Crippen LogP contribution in [0.2, 0.25) is 5.02 Å². The minimum atomic E-state index is -0.716. The number of hydrogen-bond acceptors (Lipinski definition) is 5. The molecule has 6 nitrogen and oxygen atoms in total. The van der Waals surface area contributed by atoms with Crippen molar-refractivity contribution in [2.45, 2.75) is 32.9 Å². The molecule has 0 heterocycles. The van der Waals surface area contributed by atoms with Gasteiger partial charge in [-0.15, -0.1) is 0 Å². The zero-order valence-corrected chi connectivity index (χ0v) is 18.9. The van der Waals surface area contributed by atoms with Gasteiger partial charge in [0.2, 0.25) is 0 Å². The fourth-order valence-electron chi connectivity index (χ4n) is 2.89. The van der Waals surface area contributed by atoms with E-state index in [9.17, 15) is 9.59 Å². The summed E-state index contributed by atoms with van der Waals surface area (Å²) in [7, 11) is 0. The summed E-state index contributed by atoms with van der Waals surface area (Å²) in [6.45, 7) is 5.61. The fraction of sp³-hybridized carbons (Fsp3) is 0.200. The lowest BCUT2D eigenvalue weighted by Gasteiger charge is -2.18. The molecule has 0 unspecified atom stereocenters. The Morgan fingerprint density at radius 2 is 1.62 bits per heavy atom. The van der Waals surface area contributed by atoms with Crippen LogP contribution in [0, 0.1) is 0 Å². The highest BCUT2D eigenvalue weighted by molar-refractivity contribution is 6.31. The Morgan fingerprint density at radius 3 is 2.25 bits per heavy atom. The molecule has 0 saturated carbocycles. The van der Waals surface area contributed by atoms with Crippen molar-refractivity contribution in [3.8, 4) is 11.1 Å². The maximum absolute atomic E-state index is 12.8. The van der Waals surface area contributed by atoms with Gasteiger partial charge in [-0.1, -0.05) is 48.0 Å². The third-order valence-electron chi connectivity index (χ3n) is 4.50. The Bertz CT molecular complexity index is 1120. The Balaban J connectivity index is 1.98. The molecular weight excluding hydrogens is 428 g/mol. The third-order valence-corrected chi connectivity index (χ3v) is 4.85. The van der Waals surface area contributed by atoms with E-state index in [1.807, 2.05) is 18.2 Å². The molecule has 3 rings (SSSR count). The van der Waals surface area contributed by atoms with Crippen molar-refractivity contribution >= 4 is 29.2 Å². The maximum Gasteiger partial charge on any atom is 0.375 e. The van der Waals surface area contributed by atoms with E-state index in [1.165, 1.54) is 0 Å². The number of carbonyl (C=O) groups is 2. The number of amides is 1. The second-order valence-electron chi connectivity index (χ2n) is 8.16. The topological polar surface area (TPSA) is 90.7 Å². The van der Waals surface area contributed by atoms with Gasteiger partial charge in [-0.05, 0) is 67.8 Å². The molecule has 0 aliphatic heterocycles. The number of nitrogens with one attached hydrogen (secondary N) is 1. The van der Waals surface area contributed by atoms with Crippen molar-refractivity contribution in [2.75, 3.05) is 5.32 Å².